The van der Waals surface area contributed by atoms with Gasteiger partial charge in [0, 0.05) is 5.56 Å². The molecule has 1 saturated heterocycles. The Morgan fingerprint density at radius 1 is 0.938 bits per heavy atom. The van der Waals surface area contributed by atoms with Gasteiger partial charge in [0.25, 0.3) is 17.5 Å². The van der Waals surface area contributed by atoms with E-state index < -0.39 is 58.9 Å². The molecule has 1 atom stereocenters. The highest BCUT2D eigenvalue weighted by Crippen LogP contribution is 2.36. The van der Waals surface area contributed by atoms with Gasteiger partial charge in [-0.2, -0.15) is 13.2 Å². The molecule has 0 saturated carbocycles. The molecule has 0 spiro atoms. The number of carbonyl (C=O) groups is 3. The number of halogens is 7. The molecule has 0 aromatic heterocycles. The Hall–Kier alpha value is -3.84. The van der Waals surface area contributed by atoms with Crippen LogP contribution in [0.1, 0.15) is 10.4 Å². The lowest BCUT2D eigenvalue weighted by Crippen LogP contribution is -2.69. The van der Waals surface area contributed by atoms with Crippen LogP contribution in [0.15, 0.2) is 48.5 Å². The van der Waals surface area contributed by atoms with Crippen molar-refractivity contribution < 1.29 is 49.9 Å². The van der Waals surface area contributed by atoms with Gasteiger partial charge in [-0.1, -0.05) is 0 Å². The molecule has 1 fully saturated rings. The molecule has 1 aliphatic heterocycles. The smallest absolute Gasteiger partial charge is 0.406 e. The van der Waals surface area contributed by atoms with Crippen LogP contribution in [0.3, 0.4) is 0 Å². The molecule has 3 rings (SSSR count). The van der Waals surface area contributed by atoms with Gasteiger partial charge >= 0.3 is 18.6 Å². The molecule has 32 heavy (non-hydrogen) atoms. The Kier molecular flexibility index (Phi) is 5.49. The van der Waals surface area contributed by atoms with Gasteiger partial charge < -0.3 is 10.1 Å². The van der Waals surface area contributed by atoms with Crippen LogP contribution in [-0.4, -0.2) is 36.0 Å². The quantitative estimate of drug-likeness (QED) is 0.535. The second-order valence-electron chi connectivity index (χ2n) is 6.32. The number of carbonyl (C=O) groups excluding carboxylic acids is 3. The maximum absolute atomic E-state index is 13.8. The molecule has 0 aliphatic carbocycles. The number of anilines is 1. The third-order valence-electron chi connectivity index (χ3n) is 4.18. The minimum atomic E-state index is -5.52. The van der Waals surface area contributed by atoms with E-state index in [-0.39, 0.29) is 4.90 Å². The summed E-state index contributed by atoms with van der Waals surface area (Å²) in [5, 5.41) is 2.77. The standard InChI is InChI=1S/C18H10F7N3O4/c19-10-3-1-9(2-4-10)13(29)26-16(17(20,21)22)14(30)28(15(31)27-16)11-5-7-12(8-6-11)32-18(23,24)25/h1-8H,(H,26,29)(H,27,31)/t16-/m1/s1. The van der Waals surface area contributed by atoms with Crippen LogP contribution < -0.4 is 20.3 Å². The van der Waals surface area contributed by atoms with Gasteiger partial charge in [-0.05, 0) is 48.5 Å². The predicted molar refractivity (Wildman–Crippen MR) is 91.8 cm³/mol. The van der Waals surface area contributed by atoms with E-state index in [0.29, 0.717) is 12.1 Å². The highest BCUT2D eigenvalue weighted by atomic mass is 19.4. The van der Waals surface area contributed by atoms with Gasteiger partial charge in [-0.15, -0.1) is 13.2 Å². The highest BCUT2D eigenvalue weighted by molar-refractivity contribution is 6.24. The molecule has 1 heterocycles. The van der Waals surface area contributed by atoms with Gasteiger partial charge in [0.2, 0.25) is 0 Å². The summed E-state index contributed by atoms with van der Waals surface area (Å²) in [7, 11) is 0. The second kappa shape index (κ2) is 7.69. The van der Waals surface area contributed by atoms with E-state index in [1.165, 1.54) is 10.6 Å². The summed E-state index contributed by atoms with van der Waals surface area (Å²) in [5.41, 5.74) is -4.84. The summed E-state index contributed by atoms with van der Waals surface area (Å²) in [4.78, 5) is 37.1. The molecule has 170 valence electrons. The molecule has 0 bridgehead atoms. The number of ether oxygens (including phenoxy) is 1. The number of amides is 4. The van der Waals surface area contributed by atoms with Gasteiger partial charge in [0.05, 0.1) is 5.69 Å². The first-order valence-corrected chi connectivity index (χ1v) is 8.41. The Balaban J connectivity index is 1.92. The minimum Gasteiger partial charge on any atom is -0.406 e. The van der Waals surface area contributed by atoms with E-state index >= 15 is 0 Å². The van der Waals surface area contributed by atoms with Crippen molar-refractivity contribution in [2.75, 3.05) is 4.90 Å². The van der Waals surface area contributed by atoms with Gasteiger partial charge in [-0.25, -0.2) is 14.1 Å². The Morgan fingerprint density at radius 3 is 2.00 bits per heavy atom. The SMILES string of the molecule is O=C(N[C@@]1(C(F)(F)F)NC(=O)N(c2ccc(OC(F)(F)F)cc2)C1=O)c1ccc(F)cc1. The summed E-state index contributed by atoms with van der Waals surface area (Å²) in [5.74, 6) is -4.94. The fourth-order valence-corrected chi connectivity index (χ4v) is 2.75. The lowest BCUT2D eigenvalue weighted by atomic mass is 10.1. The number of rotatable bonds is 4. The molecule has 2 N–H and O–H groups in total. The van der Waals surface area contributed by atoms with Crippen LogP contribution in [0.4, 0.5) is 41.2 Å². The minimum absolute atomic E-state index is 0.00417. The predicted octanol–water partition coefficient (Wildman–Crippen LogP) is 3.47. The maximum atomic E-state index is 13.8. The molecule has 14 heteroatoms. The fourth-order valence-electron chi connectivity index (χ4n) is 2.75. The Bertz CT molecular complexity index is 1050. The molecule has 7 nitrogen and oxygen atoms in total. The zero-order valence-corrected chi connectivity index (χ0v) is 15.3. The third kappa shape index (κ3) is 4.29. The van der Waals surface area contributed by atoms with Crippen LogP contribution in [0.2, 0.25) is 0 Å². The molecule has 1 aliphatic rings. The lowest BCUT2D eigenvalue weighted by Gasteiger charge is -2.29. The van der Waals surface area contributed by atoms with Crippen molar-refractivity contribution in [3.05, 3.63) is 59.9 Å². The average molecular weight is 465 g/mol. The molecular weight excluding hydrogens is 455 g/mol. The van der Waals surface area contributed by atoms with E-state index in [4.69, 9.17) is 0 Å². The third-order valence-corrected chi connectivity index (χ3v) is 4.18. The zero-order valence-electron chi connectivity index (χ0n) is 15.3. The van der Waals surface area contributed by atoms with E-state index in [2.05, 4.69) is 4.74 Å². The molecule has 4 amide bonds. The van der Waals surface area contributed by atoms with E-state index in [1.54, 1.807) is 0 Å². The van der Waals surface area contributed by atoms with Crippen LogP contribution in [0.25, 0.3) is 0 Å². The van der Waals surface area contributed by atoms with Gasteiger partial charge in [0.1, 0.15) is 11.6 Å². The van der Waals surface area contributed by atoms with Gasteiger partial charge in [-0.3, -0.25) is 14.9 Å². The summed E-state index contributed by atoms with van der Waals surface area (Å²) < 4.78 is 94.9. The zero-order chi connectivity index (χ0) is 23.9. The summed E-state index contributed by atoms with van der Waals surface area (Å²) in [6.45, 7) is 0. The highest BCUT2D eigenvalue weighted by Gasteiger charge is 2.69. The molecule has 0 unspecified atom stereocenters. The normalized spacial score (nSPS) is 19.0. The van der Waals surface area contributed by atoms with Crippen molar-refractivity contribution in [2.45, 2.75) is 18.2 Å². The molecule has 2 aromatic rings. The second-order valence-corrected chi connectivity index (χ2v) is 6.32. The van der Waals surface area contributed by atoms with Crippen molar-refractivity contribution in [1.82, 2.24) is 10.6 Å². The van der Waals surface area contributed by atoms with Gasteiger partial charge in [0.15, 0.2) is 0 Å². The molecule has 2 aromatic carbocycles. The largest absolute Gasteiger partial charge is 0.573 e. The summed E-state index contributed by atoms with van der Waals surface area (Å²) in [6.07, 6.45) is -10.6. The summed E-state index contributed by atoms with van der Waals surface area (Å²) in [6, 6.07) is 4.53. The fraction of sp³-hybridized carbons (Fsp3) is 0.167. The maximum Gasteiger partial charge on any atom is 0.573 e. The number of hydrogen-bond acceptors (Lipinski definition) is 4. The molecular formula is C18H10F7N3O4. The van der Waals surface area contributed by atoms with Crippen LogP contribution in [-0.2, 0) is 4.79 Å². The van der Waals surface area contributed by atoms with E-state index in [9.17, 15) is 45.1 Å². The first-order chi connectivity index (χ1) is 14.7. The number of benzene rings is 2. The van der Waals surface area contributed by atoms with E-state index in [1.807, 2.05) is 0 Å². The lowest BCUT2D eigenvalue weighted by molar-refractivity contribution is -0.274. The average Bonchev–Trinajstić information content (AvgIpc) is 2.92. The number of nitrogens with zero attached hydrogens (tertiary/aromatic N) is 1. The number of nitrogens with one attached hydrogen (secondary N) is 2. The van der Waals surface area contributed by atoms with Crippen molar-refractivity contribution >= 4 is 23.5 Å². The Morgan fingerprint density at radius 2 is 1.50 bits per heavy atom. The summed E-state index contributed by atoms with van der Waals surface area (Å²) >= 11 is 0. The topological polar surface area (TPSA) is 87.7 Å². The monoisotopic (exact) mass is 465 g/mol. The number of hydrogen-bond donors (Lipinski definition) is 2. The van der Waals surface area contributed by atoms with Crippen molar-refractivity contribution in [2.24, 2.45) is 0 Å². The number of imide groups is 1. The van der Waals surface area contributed by atoms with Crippen LogP contribution >= 0.6 is 0 Å². The van der Waals surface area contributed by atoms with Crippen molar-refractivity contribution in [3.8, 4) is 5.75 Å². The first kappa shape index (κ1) is 22.8. The van der Waals surface area contributed by atoms with Crippen molar-refractivity contribution in [1.29, 1.82) is 0 Å². The van der Waals surface area contributed by atoms with Crippen molar-refractivity contribution in [3.63, 3.8) is 0 Å². The van der Waals surface area contributed by atoms with Crippen LogP contribution in [0, 0.1) is 5.82 Å². The molecule has 0 radical (unpaired) electrons. The Labute approximate surface area is 173 Å². The number of alkyl halides is 6. The van der Waals surface area contributed by atoms with Crippen LogP contribution in [0.5, 0.6) is 5.75 Å². The van der Waals surface area contributed by atoms with E-state index in [0.717, 1.165) is 36.4 Å². The first-order valence-electron chi connectivity index (χ1n) is 8.41. The number of urea groups is 1.